The molecule has 29 heavy (non-hydrogen) atoms. The van der Waals surface area contributed by atoms with Crippen LogP contribution in [0.5, 0.6) is 0 Å². The SMILES string of the molecule is CC(C)C(=O)C1CCN(Cc2cnc(N3C4CCC3CN(C(C)C)C4)nc2)CC1. The van der Waals surface area contributed by atoms with E-state index in [0.717, 1.165) is 51.5 Å². The van der Waals surface area contributed by atoms with Gasteiger partial charge in [0.15, 0.2) is 0 Å². The molecule has 3 fully saturated rings. The molecular formula is C23H37N5O. The van der Waals surface area contributed by atoms with Gasteiger partial charge in [0, 0.05) is 67.6 Å². The summed E-state index contributed by atoms with van der Waals surface area (Å²) in [4.78, 5) is 29.3. The van der Waals surface area contributed by atoms with E-state index in [1.54, 1.807) is 0 Å². The first-order valence-corrected chi connectivity index (χ1v) is 11.5. The highest BCUT2D eigenvalue weighted by atomic mass is 16.1. The van der Waals surface area contributed by atoms with Crippen LogP contribution in [-0.4, -0.2) is 69.9 Å². The van der Waals surface area contributed by atoms with Crippen LogP contribution in [0, 0.1) is 11.8 Å². The highest BCUT2D eigenvalue weighted by Gasteiger charge is 2.41. The third-order valence-corrected chi connectivity index (χ3v) is 7.13. The Kier molecular flexibility index (Phi) is 6.21. The number of carbonyl (C=O) groups excluding carboxylic acids is 1. The van der Waals surface area contributed by atoms with Gasteiger partial charge in [0.05, 0.1) is 0 Å². The van der Waals surface area contributed by atoms with Gasteiger partial charge in [0.25, 0.3) is 0 Å². The zero-order valence-electron chi connectivity index (χ0n) is 18.5. The minimum atomic E-state index is 0.158. The molecule has 4 heterocycles. The van der Waals surface area contributed by atoms with E-state index < -0.39 is 0 Å². The molecule has 2 bridgehead atoms. The summed E-state index contributed by atoms with van der Waals surface area (Å²) in [6.45, 7) is 13.7. The standard InChI is InChI=1S/C23H37N5O/c1-16(2)22(29)19-7-9-26(10-8-19)13-18-11-24-23(25-12-18)28-20-5-6-21(28)15-27(14-20)17(3)4/h11-12,16-17,19-21H,5-10,13-15H2,1-4H3. The van der Waals surface area contributed by atoms with Crippen LogP contribution < -0.4 is 4.90 Å². The summed E-state index contributed by atoms with van der Waals surface area (Å²) in [6.07, 6.45) is 8.51. The number of fused-ring (bicyclic) bond motifs is 2. The summed E-state index contributed by atoms with van der Waals surface area (Å²) in [5, 5.41) is 0. The van der Waals surface area contributed by atoms with Crippen LogP contribution in [0.25, 0.3) is 0 Å². The first-order chi connectivity index (χ1) is 13.9. The molecule has 0 amide bonds. The smallest absolute Gasteiger partial charge is 0.225 e. The lowest BCUT2D eigenvalue weighted by Crippen LogP contribution is -2.56. The molecule has 2 unspecified atom stereocenters. The Morgan fingerprint density at radius 3 is 2.10 bits per heavy atom. The summed E-state index contributed by atoms with van der Waals surface area (Å²) in [6, 6.07) is 1.72. The molecule has 6 heteroatoms. The molecule has 0 radical (unpaired) electrons. The summed E-state index contributed by atoms with van der Waals surface area (Å²) < 4.78 is 0. The van der Waals surface area contributed by atoms with Crippen LogP contribution in [0.2, 0.25) is 0 Å². The highest BCUT2D eigenvalue weighted by molar-refractivity contribution is 5.82. The number of Topliss-reactive ketones (excluding diaryl/α,β-unsaturated/α-hetero) is 1. The largest absolute Gasteiger partial charge is 0.332 e. The van der Waals surface area contributed by atoms with E-state index in [9.17, 15) is 4.79 Å². The van der Waals surface area contributed by atoms with Crippen molar-refractivity contribution in [3.05, 3.63) is 18.0 Å². The molecule has 4 rings (SSSR count). The third kappa shape index (κ3) is 4.48. The quantitative estimate of drug-likeness (QED) is 0.733. The van der Waals surface area contributed by atoms with Gasteiger partial charge in [0.2, 0.25) is 5.95 Å². The van der Waals surface area contributed by atoms with Gasteiger partial charge in [-0.25, -0.2) is 9.97 Å². The topological polar surface area (TPSA) is 52.6 Å². The molecule has 0 saturated carbocycles. The predicted molar refractivity (Wildman–Crippen MR) is 116 cm³/mol. The summed E-state index contributed by atoms with van der Waals surface area (Å²) in [5.74, 6) is 1.76. The van der Waals surface area contributed by atoms with Gasteiger partial charge < -0.3 is 4.90 Å². The molecule has 0 N–H and O–H groups in total. The monoisotopic (exact) mass is 399 g/mol. The summed E-state index contributed by atoms with van der Waals surface area (Å²) in [7, 11) is 0. The molecule has 0 aliphatic carbocycles. The van der Waals surface area contributed by atoms with Crippen LogP contribution >= 0.6 is 0 Å². The number of ketones is 1. The fraction of sp³-hybridized carbons (Fsp3) is 0.783. The first-order valence-electron chi connectivity index (χ1n) is 11.5. The van der Waals surface area contributed by atoms with Crippen LogP contribution in [0.15, 0.2) is 12.4 Å². The van der Waals surface area contributed by atoms with Crippen molar-refractivity contribution in [2.24, 2.45) is 11.8 Å². The maximum absolute atomic E-state index is 12.2. The van der Waals surface area contributed by atoms with E-state index in [4.69, 9.17) is 9.97 Å². The van der Waals surface area contributed by atoms with Crippen molar-refractivity contribution >= 4 is 11.7 Å². The lowest BCUT2D eigenvalue weighted by molar-refractivity contribution is -0.127. The average Bonchev–Trinajstić information content (AvgIpc) is 2.97. The number of hydrogen-bond acceptors (Lipinski definition) is 6. The fourth-order valence-corrected chi connectivity index (χ4v) is 5.35. The zero-order valence-corrected chi connectivity index (χ0v) is 18.5. The van der Waals surface area contributed by atoms with Crippen molar-refractivity contribution in [2.45, 2.75) is 78.0 Å². The van der Waals surface area contributed by atoms with E-state index in [1.807, 2.05) is 26.2 Å². The molecule has 2 atom stereocenters. The summed E-state index contributed by atoms with van der Waals surface area (Å²) >= 11 is 0. The Labute approximate surface area is 175 Å². The molecule has 3 aliphatic heterocycles. The van der Waals surface area contributed by atoms with E-state index in [0.29, 0.717) is 23.9 Å². The molecule has 6 nitrogen and oxygen atoms in total. The van der Waals surface area contributed by atoms with Crippen molar-refractivity contribution < 1.29 is 4.79 Å². The number of piperidine rings is 1. The van der Waals surface area contributed by atoms with Crippen LogP contribution in [-0.2, 0) is 11.3 Å². The second-order valence-corrected chi connectivity index (χ2v) is 9.84. The number of aromatic nitrogens is 2. The Morgan fingerprint density at radius 2 is 1.59 bits per heavy atom. The third-order valence-electron chi connectivity index (χ3n) is 7.13. The minimum absolute atomic E-state index is 0.158. The number of anilines is 1. The Hall–Kier alpha value is -1.53. The normalized spacial score (nSPS) is 26.6. The van der Waals surface area contributed by atoms with Gasteiger partial charge in [-0.15, -0.1) is 0 Å². The average molecular weight is 400 g/mol. The maximum atomic E-state index is 12.2. The highest BCUT2D eigenvalue weighted by Crippen LogP contribution is 2.33. The van der Waals surface area contributed by atoms with Gasteiger partial charge in [-0.05, 0) is 52.6 Å². The maximum Gasteiger partial charge on any atom is 0.225 e. The zero-order chi connectivity index (χ0) is 20.5. The first kappa shape index (κ1) is 20.7. The molecule has 160 valence electrons. The number of hydrogen-bond donors (Lipinski definition) is 0. The molecule has 1 aromatic heterocycles. The Balaban J connectivity index is 1.32. The molecular weight excluding hydrogens is 362 g/mol. The summed E-state index contributed by atoms with van der Waals surface area (Å²) in [5.41, 5.74) is 1.18. The molecule has 0 aromatic carbocycles. The number of piperazine rings is 1. The van der Waals surface area contributed by atoms with Gasteiger partial charge in [-0.3, -0.25) is 14.6 Å². The van der Waals surface area contributed by atoms with Gasteiger partial charge in [0.1, 0.15) is 5.78 Å². The number of rotatable bonds is 6. The minimum Gasteiger partial charge on any atom is -0.332 e. The number of likely N-dealkylation sites (tertiary alicyclic amines) is 2. The molecule has 0 spiro atoms. The van der Waals surface area contributed by atoms with Crippen molar-refractivity contribution in [3.8, 4) is 0 Å². The number of carbonyl (C=O) groups is 1. The molecule has 1 aromatic rings. The van der Waals surface area contributed by atoms with E-state index >= 15 is 0 Å². The van der Waals surface area contributed by atoms with Gasteiger partial charge in [-0.2, -0.15) is 0 Å². The Morgan fingerprint density at radius 1 is 1.00 bits per heavy atom. The second kappa shape index (κ2) is 8.68. The van der Waals surface area contributed by atoms with E-state index in [2.05, 4.69) is 28.5 Å². The van der Waals surface area contributed by atoms with Crippen molar-refractivity contribution in [3.63, 3.8) is 0 Å². The van der Waals surface area contributed by atoms with Crippen LogP contribution in [0.1, 0.15) is 58.9 Å². The van der Waals surface area contributed by atoms with Gasteiger partial charge >= 0.3 is 0 Å². The Bertz CT molecular complexity index is 682. The van der Waals surface area contributed by atoms with Crippen molar-refractivity contribution in [1.82, 2.24) is 19.8 Å². The number of nitrogens with zero attached hydrogens (tertiary/aromatic N) is 5. The van der Waals surface area contributed by atoms with Crippen LogP contribution in [0.4, 0.5) is 5.95 Å². The van der Waals surface area contributed by atoms with Crippen LogP contribution in [0.3, 0.4) is 0 Å². The van der Waals surface area contributed by atoms with Crippen molar-refractivity contribution in [1.29, 1.82) is 0 Å². The fourth-order valence-electron chi connectivity index (χ4n) is 5.35. The van der Waals surface area contributed by atoms with Gasteiger partial charge in [-0.1, -0.05) is 13.8 Å². The second-order valence-electron chi connectivity index (χ2n) is 9.84. The van der Waals surface area contributed by atoms with Crippen molar-refractivity contribution in [2.75, 3.05) is 31.1 Å². The predicted octanol–water partition coefficient (Wildman–Crippen LogP) is 2.98. The van der Waals surface area contributed by atoms with E-state index in [1.165, 1.54) is 18.4 Å². The molecule has 3 aliphatic rings. The lowest BCUT2D eigenvalue weighted by atomic mass is 9.87. The molecule has 3 saturated heterocycles. The lowest BCUT2D eigenvalue weighted by Gasteiger charge is -2.42. The van der Waals surface area contributed by atoms with E-state index in [-0.39, 0.29) is 11.8 Å².